The normalized spacial score (nSPS) is 12.6. The maximum Gasteiger partial charge on any atom is 0.0934 e. The molecule has 0 bridgehead atoms. The van der Waals surface area contributed by atoms with Crippen LogP contribution in [0, 0.1) is 6.92 Å². The van der Waals surface area contributed by atoms with E-state index in [9.17, 15) is 0 Å². The van der Waals surface area contributed by atoms with Crippen molar-refractivity contribution in [3.8, 4) is 0 Å². The molecule has 0 saturated carbocycles. The molecule has 1 atom stereocenters. The summed E-state index contributed by atoms with van der Waals surface area (Å²) in [5, 5.41) is 6.82. The second-order valence-corrected chi connectivity index (χ2v) is 5.44. The van der Waals surface area contributed by atoms with Gasteiger partial charge in [-0.3, -0.25) is 0 Å². The first-order valence-corrected chi connectivity index (χ1v) is 7.34. The molecule has 0 spiro atoms. The molecule has 1 aromatic heterocycles. The van der Waals surface area contributed by atoms with Crippen molar-refractivity contribution in [2.24, 2.45) is 0 Å². The summed E-state index contributed by atoms with van der Waals surface area (Å²) in [6.45, 7) is 6.23. The maximum atomic E-state index is 4.57. The van der Waals surface area contributed by atoms with E-state index in [0.29, 0.717) is 5.92 Å². The number of nitrogens with one attached hydrogen (secondary N) is 1. The highest BCUT2D eigenvalue weighted by atomic mass is 32.1. The van der Waals surface area contributed by atoms with Gasteiger partial charge in [-0.1, -0.05) is 37.3 Å². The van der Waals surface area contributed by atoms with Crippen molar-refractivity contribution in [3.63, 3.8) is 0 Å². The average molecular weight is 260 g/mol. The average Bonchev–Trinajstić information content (AvgIpc) is 2.81. The largest absolute Gasteiger partial charge is 0.316 e. The van der Waals surface area contributed by atoms with Gasteiger partial charge in [-0.25, -0.2) is 4.98 Å². The summed E-state index contributed by atoms with van der Waals surface area (Å²) in [4.78, 5) is 4.57. The van der Waals surface area contributed by atoms with E-state index in [1.165, 1.54) is 10.6 Å². The summed E-state index contributed by atoms with van der Waals surface area (Å²) in [5.41, 5.74) is 2.52. The molecule has 18 heavy (non-hydrogen) atoms. The first-order chi connectivity index (χ1) is 8.79. The highest BCUT2D eigenvalue weighted by Gasteiger charge is 2.13. The molecule has 1 aromatic carbocycles. The Morgan fingerprint density at radius 1 is 1.28 bits per heavy atom. The molecule has 2 aromatic rings. The van der Waals surface area contributed by atoms with Crippen LogP contribution in [0.25, 0.3) is 0 Å². The SMILES string of the molecule is CCNCC(Cc1nc(C)cs1)c1ccccc1. The van der Waals surface area contributed by atoms with Crippen molar-refractivity contribution < 1.29 is 0 Å². The van der Waals surface area contributed by atoms with Crippen LogP contribution in [-0.4, -0.2) is 18.1 Å². The number of aromatic nitrogens is 1. The Kier molecular flexibility index (Phi) is 4.90. The van der Waals surface area contributed by atoms with Gasteiger partial charge in [0.15, 0.2) is 0 Å². The zero-order valence-corrected chi connectivity index (χ0v) is 11.8. The lowest BCUT2D eigenvalue weighted by atomic mass is 9.96. The monoisotopic (exact) mass is 260 g/mol. The standard InChI is InChI=1S/C15H20N2S/c1-3-16-10-14(13-7-5-4-6-8-13)9-15-17-12(2)11-18-15/h4-8,11,14,16H,3,9-10H2,1-2H3. The molecule has 2 nitrogen and oxygen atoms in total. The zero-order valence-electron chi connectivity index (χ0n) is 11.0. The molecule has 2 rings (SSSR count). The molecule has 0 saturated heterocycles. The molecule has 0 radical (unpaired) electrons. The van der Waals surface area contributed by atoms with Crippen molar-refractivity contribution in [2.75, 3.05) is 13.1 Å². The molecule has 0 aliphatic rings. The Labute approximate surface area is 113 Å². The highest BCUT2D eigenvalue weighted by Crippen LogP contribution is 2.22. The molecule has 1 N–H and O–H groups in total. The van der Waals surface area contributed by atoms with Crippen molar-refractivity contribution in [1.29, 1.82) is 0 Å². The second kappa shape index (κ2) is 6.66. The quantitative estimate of drug-likeness (QED) is 0.861. The summed E-state index contributed by atoms with van der Waals surface area (Å²) in [6, 6.07) is 10.7. The fourth-order valence-corrected chi connectivity index (χ4v) is 2.91. The van der Waals surface area contributed by atoms with Crippen LogP contribution in [0.2, 0.25) is 0 Å². The van der Waals surface area contributed by atoms with Crippen LogP contribution in [0.1, 0.15) is 29.1 Å². The molecule has 1 heterocycles. The van der Waals surface area contributed by atoms with Gasteiger partial charge >= 0.3 is 0 Å². The van der Waals surface area contributed by atoms with Crippen LogP contribution in [0.15, 0.2) is 35.7 Å². The molecular formula is C15H20N2S. The number of aryl methyl sites for hydroxylation is 1. The van der Waals surface area contributed by atoms with Crippen molar-refractivity contribution in [2.45, 2.75) is 26.2 Å². The molecule has 0 amide bonds. The second-order valence-electron chi connectivity index (χ2n) is 4.50. The fraction of sp³-hybridized carbons (Fsp3) is 0.400. The van der Waals surface area contributed by atoms with Crippen LogP contribution < -0.4 is 5.32 Å². The van der Waals surface area contributed by atoms with Gasteiger partial charge in [0.25, 0.3) is 0 Å². The third-order valence-corrected chi connectivity index (χ3v) is 3.99. The molecule has 3 heteroatoms. The lowest BCUT2D eigenvalue weighted by molar-refractivity contribution is 0.593. The summed E-state index contributed by atoms with van der Waals surface area (Å²) in [5.74, 6) is 0.511. The summed E-state index contributed by atoms with van der Waals surface area (Å²) in [7, 11) is 0. The van der Waals surface area contributed by atoms with E-state index >= 15 is 0 Å². The minimum Gasteiger partial charge on any atom is -0.316 e. The van der Waals surface area contributed by atoms with Gasteiger partial charge in [0.2, 0.25) is 0 Å². The van der Waals surface area contributed by atoms with Crippen molar-refractivity contribution in [3.05, 3.63) is 52.0 Å². The van der Waals surface area contributed by atoms with Crippen LogP contribution >= 0.6 is 11.3 Å². The van der Waals surface area contributed by atoms with E-state index in [1.54, 1.807) is 11.3 Å². The van der Waals surface area contributed by atoms with E-state index in [4.69, 9.17) is 0 Å². The molecule has 1 unspecified atom stereocenters. The number of hydrogen-bond acceptors (Lipinski definition) is 3. The lowest BCUT2D eigenvalue weighted by Gasteiger charge is -2.16. The maximum absolute atomic E-state index is 4.57. The lowest BCUT2D eigenvalue weighted by Crippen LogP contribution is -2.22. The van der Waals surface area contributed by atoms with Gasteiger partial charge in [0, 0.05) is 30.0 Å². The first-order valence-electron chi connectivity index (χ1n) is 6.46. The number of hydrogen-bond donors (Lipinski definition) is 1. The van der Waals surface area contributed by atoms with Gasteiger partial charge in [-0.05, 0) is 19.0 Å². The number of thiazole rings is 1. The van der Waals surface area contributed by atoms with Crippen LogP contribution in [-0.2, 0) is 6.42 Å². The minimum atomic E-state index is 0.511. The van der Waals surface area contributed by atoms with Gasteiger partial charge in [0.1, 0.15) is 0 Å². The Morgan fingerprint density at radius 2 is 2.06 bits per heavy atom. The zero-order chi connectivity index (χ0) is 12.8. The Bertz CT molecular complexity index is 464. The number of nitrogens with zero attached hydrogens (tertiary/aromatic N) is 1. The third-order valence-electron chi connectivity index (χ3n) is 3.00. The molecular weight excluding hydrogens is 240 g/mol. The molecule has 0 fully saturated rings. The third kappa shape index (κ3) is 3.65. The molecule has 96 valence electrons. The van der Waals surface area contributed by atoms with Gasteiger partial charge in [-0.2, -0.15) is 0 Å². The summed E-state index contributed by atoms with van der Waals surface area (Å²) < 4.78 is 0. The van der Waals surface area contributed by atoms with E-state index in [1.807, 2.05) is 0 Å². The van der Waals surface area contributed by atoms with E-state index in [2.05, 4.69) is 59.9 Å². The number of likely N-dealkylation sites (N-methyl/N-ethyl adjacent to an activating group) is 1. The van der Waals surface area contributed by atoms with Gasteiger partial charge in [0.05, 0.1) is 5.01 Å². The van der Waals surface area contributed by atoms with Crippen molar-refractivity contribution >= 4 is 11.3 Å². The predicted octanol–water partition coefficient (Wildman–Crippen LogP) is 3.39. The van der Waals surface area contributed by atoms with Gasteiger partial charge < -0.3 is 5.32 Å². The first kappa shape index (κ1) is 13.2. The fourth-order valence-electron chi connectivity index (χ4n) is 2.06. The Balaban J connectivity index is 2.10. The highest BCUT2D eigenvalue weighted by molar-refractivity contribution is 7.09. The van der Waals surface area contributed by atoms with E-state index in [0.717, 1.165) is 25.2 Å². The minimum absolute atomic E-state index is 0.511. The van der Waals surface area contributed by atoms with Crippen LogP contribution in [0.3, 0.4) is 0 Å². The Morgan fingerprint density at radius 3 is 2.67 bits per heavy atom. The number of benzene rings is 1. The van der Waals surface area contributed by atoms with Crippen molar-refractivity contribution in [1.82, 2.24) is 10.3 Å². The van der Waals surface area contributed by atoms with E-state index < -0.39 is 0 Å². The number of rotatable bonds is 6. The molecule has 0 aliphatic heterocycles. The van der Waals surface area contributed by atoms with Crippen LogP contribution in [0.4, 0.5) is 0 Å². The van der Waals surface area contributed by atoms with Gasteiger partial charge in [-0.15, -0.1) is 11.3 Å². The van der Waals surface area contributed by atoms with E-state index in [-0.39, 0.29) is 0 Å². The van der Waals surface area contributed by atoms with Crippen LogP contribution in [0.5, 0.6) is 0 Å². The summed E-state index contributed by atoms with van der Waals surface area (Å²) >= 11 is 1.77. The molecule has 0 aliphatic carbocycles. The smallest absolute Gasteiger partial charge is 0.0934 e. The Hall–Kier alpha value is -1.19. The topological polar surface area (TPSA) is 24.9 Å². The predicted molar refractivity (Wildman–Crippen MR) is 78.3 cm³/mol. The summed E-state index contributed by atoms with van der Waals surface area (Å²) in [6.07, 6.45) is 1.02.